The third-order valence-corrected chi connectivity index (χ3v) is 8.49. The molecule has 2 amide bonds. The van der Waals surface area contributed by atoms with Crippen LogP contribution in [0, 0.1) is 0 Å². The lowest BCUT2D eigenvalue weighted by Crippen LogP contribution is -2.53. The third-order valence-electron chi connectivity index (χ3n) is 6.85. The SMILES string of the molecule is C[C@@H](C(=O)NC1CCCCC1)N(Cc1cccc(Br)c1)C(=O)CN(c1ccc2c(c1)OCCO2)S(C)(=O)=O. The Morgan fingerprint density at radius 2 is 1.76 bits per heavy atom. The Balaban J connectivity index is 1.59. The van der Waals surface area contributed by atoms with Crippen molar-refractivity contribution in [2.45, 2.75) is 57.7 Å². The zero-order valence-electron chi connectivity index (χ0n) is 21.7. The molecule has 0 bridgehead atoms. The van der Waals surface area contributed by atoms with E-state index in [4.69, 9.17) is 9.47 Å². The van der Waals surface area contributed by atoms with Crippen molar-refractivity contribution in [1.82, 2.24) is 10.2 Å². The number of hydrogen-bond donors (Lipinski definition) is 1. The van der Waals surface area contributed by atoms with Crippen molar-refractivity contribution in [1.29, 1.82) is 0 Å². The quantitative estimate of drug-likeness (QED) is 0.464. The summed E-state index contributed by atoms with van der Waals surface area (Å²) in [6, 6.07) is 11.5. The standard InChI is InChI=1S/C27H34BrN3O6S/c1-19(27(33)29-22-9-4-3-5-10-22)30(17-20-7-6-8-21(28)15-20)26(32)18-31(38(2,34)35)23-11-12-24-25(16-23)37-14-13-36-24/h6-8,11-12,15-16,19,22H,3-5,9-10,13-14,17-18H2,1-2H3,(H,29,33)/t19-/m0/s1. The molecule has 0 aromatic heterocycles. The Morgan fingerprint density at radius 1 is 1.05 bits per heavy atom. The van der Waals surface area contributed by atoms with Gasteiger partial charge in [0.05, 0.1) is 11.9 Å². The summed E-state index contributed by atoms with van der Waals surface area (Å²) in [5, 5.41) is 3.10. The molecule has 1 atom stereocenters. The van der Waals surface area contributed by atoms with Gasteiger partial charge in [-0.05, 0) is 49.6 Å². The molecule has 0 radical (unpaired) electrons. The monoisotopic (exact) mass is 607 g/mol. The molecule has 1 saturated carbocycles. The first-order valence-corrected chi connectivity index (χ1v) is 15.5. The van der Waals surface area contributed by atoms with Crippen molar-refractivity contribution >= 4 is 43.5 Å². The summed E-state index contributed by atoms with van der Waals surface area (Å²) in [7, 11) is -3.84. The van der Waals surface area contributed by atoms with E-state index in [0.29, 0.717) is 24.7 Å². The highest BCUT2D eigenvalue weighted by Crippen LogP contribution is 2.34. The molecule has 0 spiro atoms. The zero-order valence-corrected chi connectivity index (χ0v) is 24.1. The maximum atomic E-state index is 13.8. The first kappa shape index (κ1) is 28.2. The molecule has 2 aromatic rings. The molecule has 2 aliphatic rings. The molecule has 1 aliphatic heterocycles. The number of sulfonamides is 1. The van der Waals surface area contributed by atoms with Crippen LogP contribution in [-0.2, 0) is 26.2 Å². The van der Waals surface area contributed by atoms with Gasteiger partial charge >= 0.3 is 0 Å². The molecule has 0 saturated heterocycles. The summed E-state index contributed by atoms with van der Waals surface area (Å²) in [5.41, 5.74) is 1.10. The van der Waals surface area contributed by atoms with E-state index >= 15 is 0 Å². The number of hydrogen-bond acceptors (Lipinski definition) is 6. The largest absolute Gasteiger partial charge is 0.486 e. The smallest absolute Gasteiger partial charge is 0.244 e. The summed E-state index contributed by atoms with van der Waals surface area (Å²) in [6.45, 7) is 2.13. The average molecular weight is 609 g/mol. The Morgan fingerprint density at radius 3 is 2.45 bits per heavy atom. The first-order valence-electron chi connectivity index (χ1n) is 12.8. The van der Waals surface area contributed by atoms with Gasteiger partial charge in [0.1, 0.15) is 25.8 Å². The van der Waals surface area contributed by atoms with Crippen LogP contribution in [0.15, 0.2) is 46.9 Å². The van der Waals surface area contributed by atoms with E-state index in [1.165, 1.54) is 4.90 Å². The number of nitrogens with zero attached hydrogens (tertiary/aromatic N) is 2. The number of halogens is 1. The Hall–Kier alpha value is -2.79. The summed E-state index contributed by atoms with van der Waals surface area (Å²) >= 11 is 3.46. The van der Waals surface area contributed by atoms with Crippen LogP contribution >= 0.6 is 15.9 Å². The van der Waals surface area contributed by atoms with Crippen LogP contribution in [0.3, 0.4) is 0 Å². The Kier molecular flexibility index (Phi) is 9.19. The molecule has 38 heavy (non-hydrogen) atoms. The molecule has 1 heterocycles. The second kappa shape index (κ2) is 12.4. The van der Waals surface area contributed by atoms with Crippen molar-refractivity contribution in [2.24, 2.45) is 0 Å². The molecule has 4 rings (SSSR count). The van der Waals surface area contributed by atoms with Gasteiger partial charge < -0.3 is 19.7 Å². The molecule has 11 heteroatoms. The number of amides is 2. The number of rotatable bonds is 9. The molecule has 0 unspecified atom stereocenters. The van der Waals surface area contributed by atoms with E-state index in [1.54, 1.807) is 25.1 Å². The minimum absolute atomic E-state index is 0.0896. The zero-order chi connectivity index (χ0) is 27.3. The predicted octanol–water partition coefficient (Wildman–Crippen LogP) is 3.85. The fourth-order valence-electron chi connectivity index (χ4n) is 4.78. The number of benzene rings is 2. The minimum Gasteiger partial charge on any atom is -0.486 e. The molecular weight excluding hydrogens is 574 g/mol. The maximum absolute atomic E-state index is 13.8. The summed E-state index contributed by atoms with van der Waals surface area (Å²) < 4.78 is 38.7. The number of ether oxygens (including phenoxy) is 2. The molecule has 1 N–H and O–H groups in total. The lowest BCUT2D eigenvalue weighted by molar-refractivity contribution is -0.139. The van der Waals surface area contributed by atoms with Gasteiger partial charge in [-0.15, -0.1) is 0 Å². The van der Waals surface area contributed by atoms with Crippen LogP contribution in [0.4, 0.5) is 5.69 Å². The number of carbonyl (C=O) groups excluding carboxylic acids is 2. The average Bonchev–Trinajstić information content (AvgIpc) is 2.89. The van der Waals surface area contributed by atoms with Gasteiger partial charge in [0.2, 0.25) is 21.8 Å². The van der Waals surface area contributed by atoms with Gasteiger partial charge in [0.25, 0.3) is 0 Å². The number of carbonyl (C=O) groups is 2. The first-order chi connectivity index (χ1) is 18.1. The summed E-state index contributed by atoms with van der Waals surface area (Å²) in [4.78, 5) is 28.5. The fraction of sp³-hybridized carbons (Fsp3) is 0.481. The Labute approximate surface area is 232 Å². The van der Waals surface area contributed by atoms with Crippen LogP contribution in [-0.4, -0.2) is 63.2 Å². The van der Waals surface area contributed by atoms with Crippen LogP contribution in [0.25, 0.3) is 0 Å². The molecule has 1 aliphatic carbocycles. The maximum Gasteiger partial charge on any atom is 0.244 e. The van der Waals surface area contributed by atoms with E-state index in [0.717, 1.165) is 52.7 Å². The Bertz CT molecular complexity index is 1270. The topological polar surface area (TPSA) is 105 Å². The van der Waals surface area contributed by atoms with Gasteiger partial charge in [-0.1, -0.05) is 47.3 Å². The highest BCUT2D eigenvalue weighted by Gasteiger charge is 2.31. The van der Waals surface area contributed by atoms with E-state index < -0.39 is 28.5 Å². The molecule has 206 valence electrons. The number of anilines is 1. The van der Waals surface area contributed by atoms with E-state index in [2.05, 4.69) is 21.2 Å². The highest BCUT2D eigenvalue weighted by molar-refractivity contribution is 9.10. The molecule has 1 fully saturated rings. The normalized spacial score (nSPS) is 16.4. The fourth-order valence-corrected chi connectivity index (χ4v) is 6.07. The number of nitrogens with one attached hydrogen (secondary N) is 1. The third kappa shape index (κ3) is 7.19. The van der Waals surface area contributed by atoms with Crippen molar-refractivity contribution in [3.8, 4) is 11.5 Å². The second-order valence-corrected chi connectivity index (χ2v) is 12.6. The van der Waals surface area contributed by atoms with E-state index in [1.807, 2.05) is 24.3 Å². The minimum atomic E-state index is -3.84. The van der Waals surface area contributed by atoms with E-state index in [9.17, 15) is 18.0 Å². The van der Waals surface area contributed by atoms with Crippen molar-refractivity contribution < 1.29 is 27.5 Å². The van der Waals surface area contributed by atoms with Crippen LogP contribution in [0.5, 0.6) is 11.5 Å². The van der Waals surface area contributed by atoms with Gasteiger partial charge in [-0.2, -0.15) is 0 Å². The van der Waals surface area contributed by atoms with Crippen LogP contribution in [0.1, 0.15) is 44.6 Å². The van der Waals surface area contributed by atoms with Crippen LogP contribution < -0.4 is 19.1 Å². The molecule has 2 aromatic carbocycles. The molecule has 9 nitrogen and oxygen atoms in total. The van der Waals surface area contributed by atoms with Crippen molar-refractivity contribution in [3.05, 3.63) is 52.5 Å². The molecular formula is C27H34BrN3O6S. The van der Waals surface area contributed by atoms with E-state index in [-0.39, 0.29) is 24.2 Å². The second-order valence-electron chi connectivity index (χ2n) is 9.77. The highest BCUT2D eigenvalue weighted by atomic mass is 79.9. The summed E-state index contributed by atoms with van der Waals surface area (Å²) in [5.74, 6) is 0.201. The predicted molar refractivity (Wildman–Crippen MR) is 149 cm³/mol. The lowest BCUT2D eigenvalue weighted by atomic mass is 9.95. The van der Waals surface area contributed by atoms with Gasteiger partial charge in [-0.3, -0.25) is 13.9 Å². The number of fused-ring (bicyclic) bond motifs is 1. The lowest BCUT2D eigenvalue weighted by Gasteiger charge is -2.33. The van der Waals surface area contributed by atoms with Crippen molar-refractivity contribution in [2.75, 3.05) is 30.3 Å². The van der Waals surface area contributed by atoms with Crippen molar-refractivity contribution in [3.63, 3.8) is 0 Å². The van der Waals surface area contributed by atoms with Gasteiger partial charge in [0.15, 0.2) is 11.5 Å². The van der Waals surface area contributed by atoms with Crippen LogP contribution in [0.2, 0.25) is 0 Å². The van der Waals surface area contributed by atoms with Gasteiger partial charge in [-0.25, -0.2) is 8.42 Å². The summed E-state index contributed by atoms with van der Waals surface area (Å²) in [6.07, 6.45) is 6.19. The van der Waals surface area contributed by atoms with Gasteiger partial charge in [0, 0.05) is 23.1 Å².